The molecule has 1 aromatic carbocycles. The summed E-state index contributed by atoms with van der Waals surface area (Å²) in [5, 5.41) is 4.09. The van der Waals surface area contributed by atoms with Crippen molar-refractivity contribution in [3.05, 3.63) is 59.5 Å². The van der Waals surface area contributed by atoms with Crippen molar-refractivity contribution in [3.63, 3.8) is 0 Å². The largest absolute Gasteiger partial charge is 0.490 e. The molecule has 0 bridgehead atoms. The van der Waals surface area contributed by atoms with E-state index in [0.29, 0.717) is 42.0 Å². The van der Waals surface area contributed by atoms with Gasteiger partial charge in [-0.25, -0.2) is 10.4 Å². The molecule has 0 aliphatic rings. The van der Waals surface area contributed by atoms with E-state index in [1.165, 1.54) is 0 Å². The molecule has 7 nitrogen and oxygen atoms in total. The highest BCUT2D eigenvalue weighted by atomic mass is 16.5. The lowest BCUT2D eigenvalue weighted by molar-refractivity contribution is 0.0948. The van der Waals surface area contributed by atoms with E-state index in [-0.39, 0.29) is 5.91 Å². The molecule has 0 radical (unpaired) electrons. The second-order valence-electron chi connectivity index (χ2n) is 7.02. The summed E-state index contributed by atoms with van der Waals surface area (Å²) >= 11 is 0. The number of nitrogens with zero attached hydrogens (tertiary/aromatic N) is 3. The maximum Gasteiger partial charge on any atom is 0.290 e. The van der Waals surface area contributed by atoms with Crippen LogP contribution in [0.2, 0.25) is 0 Å². The van der Waals surface area contributed by atoms with Crippen LogP contribution in [0.3, 0.4) is 0 Å². The number of aromatic nitrogens is 2. The number of hydrogen-bond acceptors (Lipinski definition) is 5. The van der Waals surface area contributed by atoms with Gasteiger partial charge in [0.05, 0.1) is 25.1 Å². The highest BCUT2D eigenvalue weighted by Gasteiger charge is 2.15. The van der Waals surface area contributed by atoms with E-state index in [4.69, 9.17) is 9.47 Å². The van der Waals surface area contributed by atoms with Gasteiger partial charge >= 0.3 is 0 Å². The molecule has 3 aromatic rings. The molecular weight excluding hydrogens is 368 g/mol. The van der Waals surface area contributed by atoms with E-state index >= 15 is 0 Å². The summed E-state index contributed by atoms with van der Waals surface area (Å²) in [4.78, 5) is 17.0. The standard InChI is InChI=1S/C22H26N4O3/c1-5-28-19-12-17(9-10-18(19)29-14-15(2)3)13-23-25-22(27)21-16(4)24-20-8-6-7-11-26(20)21/h6-13,15H,5,14H2,1-4H3,(H,25,27)/b23-13-. The first-order valence-corrected chi connectivity index (χ1v) is 9.66. The number of pyridine rings is 1. The monoisotopic (exact) mass is 394 g/mol. The number of hydrazone groups is 1. The highest BCUT2D eigenvalue weighted by molar-refractivity contribution is 5.95. The number of ether oxygens (including phenoxy) is 2. The van der Waals surface area contributed by atoms with E-state index in [2.05, 4.69) is 29.4 Å². The molecule has 0 aliphatic heterocycles. The summed E-state index contributed by atoms with van der Waals surface area (Å²) in [6.45, 7) is 9.05. The third-order valence-electron chi connectivity index (χ3n) is 4.14. The minimum atomic E-state index is -0.320. The molecule has 3 rings (SSSR count). The van der Waals surface area contributed by atoms with E-state index in [1.54, 1.807) is 23.7 Å². The Balaban J connectivity index is 1.73. The molecule has 7 heteroatoms. The van der Waals surface area contributed by atoms with Crippen molar-refractivity contribution in [2.24, 2.45) is 11.0 Å². The fourth-order valence-electron chi connectivity index (χ4n) is 2.85. The summed E-state index contributed by atoms with van der Waals surface area (Å²) in [6, 6.07) is 11.1. The van der Waals surface area contributed by atoms with Crippen LogP contribution in [0.5, 0.6) is 11.5 Å². The number of fused-ring (bicyclic) bond motifs is 1. The summed E-state index contributed by atoms with van der Waals surface area (Å²) in [5.41, 5.74) is 5.19. The van der Waals surface area contributed by atoms with Gasteiger partial charge in [0.15, 0.2) is 11.5 Å². The predicted octanol–water partition coefficient (Wildman–Crippen LogP) is 3.84. The second kappa shape index (κ2) is 9.23. The molecule has 1 amide bonds. The van der Waals surface area contributed by atoms with Crippen molar-refractivity contribution < 1.29 is 14.3 Å². The molecule has 0 saturated carbocycles. The third-order valence-corrected chi connectivity index (χ3v) is 4.14. The number of imidazole rings is 1. The zero-order valence-corrected chi connectivity index (χ0v) is 17.2. The number of benzene rings is 1. The summed E-state index contributed by atoms with van der Waals surface area (Å²) in [5.74, 6) is 1.45. The van der Waals surface area contributed by atoms with Gasteiger partial charge in [-0.3, -0.25) is 9.20 Å². The fraction of sp³-hybridized carbons (Fsp3) is 0.318. The van der Waals surface area contributed by atoms with Gasteiger partial charge in [0, 0.05) is 6.20 Å². The van der Waals surface area contributed by atoms with Crippen LogP contribution in [0.1, 0.15) is 42.5 Å². The predicted molar refractivity (Wildman–Crippen MR) is 113 cm³/mol. The van der Waals surface area contributed by atoms with Gasteiger partial charge in [-0.1, -0.05) is 19.9 Å². The molecule has 0 aliphatic carbocycles. The number of hydrogen-bond donors (Lipinski definition) is 1. The van der Waals surface area contributed by atoms with Gasteiger partial charge in [-0.15, -0.1) is 0 Å². The van der Waals surface area contributed by atoms with Crippen LogP contribution in [-0.4, -0.2) is 34.7 Å². The maximum absolute atomic E-state index is 12.6. The first-order chi connectivity index (χ1) is 14.0. The van der Waals surface area contributed by atoms with Gasteiger partial charge in [-0.05, 0) is 55.7 Å². The van der Waals surface area contributed by atoms with Gasteiger partial charge in [-0.2, -0.15) is 5.10 Å². The van der Waals surface area contributed by atoms with Crippen LogP contribution in [0.4, 0.5) is 0 Å². The number of carbonyl (C=O) groups is 1. The van der Waals surface area contributed by atoms with E-state index < -0.39 is 0 Å². The molecular formula is C22H26N4O3. The average molecular weight is 394 g/mol. The van der Waals surface area contributed by atoms with Gasteiger partial charge in [0.25, 0.3) is 5.91 Å². The van der Waals surface area contributed by atoms with E-state index in [0.717, 1.165) is 11.2 Å². The molecule has 29 heavy (non-hydrogen) atoms. The normalized spacial score (nSPS) is 11.3. The summed E-state index contributed by atoms with van der Waals surface area (Å²) < 4.78 is 13.2. The quantitative estimate of drug-likeness (QED) is 0.465. The fourth-order valence-corrected chi connectivity index (χ4v) is 2.85. The van der Waals surface area contributed by atoms with Crippen molar-refractivity contribution in [2.75, 3.05) is 13.2 Å². The minimum Gasteiger partial charge on any atom is -0.490 e. The van der Waals surface area contributed by atoms with Crippen molar-refractivity contribution in [2.45, 2.75) is 27.7 Å². The molecule has 2 aromatic heterocycles. The van der Waals surface area contributed by atoms with Gasteiger partial charge < -0.3 is 9.47 Å². The van der Waals surface area contributed by atoms with Crippen LogP contribution in [-0.2, 0) is 0 Å². The maximum atomic E-state index is 12.6. The Morgan fingerprint density at radius 1 is 1.24 bits per heavy atom. The van der Waals surface area contributed by atoms with Crippen LogP contribution in [0, 0.1) is 12.8 Å². The number of carbonyl (C=O) groups excluding carboxylic acids is 1. The highest BCUT2D eigenvalue weighted by Crippen LogP contribution is 2.28. The molecule has 152 valence electrons. The lowest BCUT2D eigenvalue weighted by Gasteiger charge is -2.13. The number of nitrogens with one attached hydrogen (secondary N) is 1. The van der Waals surface area contributed by atoms with Crippen LogP contribution < -0.4 is 14.9 Å². The summed E-state index contributed by atoms with van der Waals surface area (Å²) in [6.07, 6.45) is 3.38. The Kier molecular flexibility index (Phi) is 6.49. The third kappa shape index (κ3) is 4.93. The van der Waals surface area contributed by atoms with Gasteiger partial charge in [0.1, 0.15) is 11.3 Å². The Labute approximate surface area is 170 Å². The van der Waals surface area contributed by atoms with Crippen molar-refractivity contribution in [1.29, 1.82) is 0 Å². The number of rotatable bonds is 8. The topological polar surface area (TPSA) is 77.2 Å². The second-order valence-corrected chi connectivity index (χ2v) is 7.02. The Morgan fingerprint density at radius 2 is 2.07 bits per heavy atom. The van der Waals surface area contributed by atoms with E-state index in [9.17, 15) is 4.79 Å². The first kappa shape index (κ1) is 20.4. The smallest absolute Gasteiger partial charge is 0.290 e. The molecule has 1 N–H and O–H groups in total. The molecule has 0 saturated heterocycles. The Morgan fingerprint density at radius 3 is 2.83 bits per heavy atom. The molecule has 0 atom stereocenters. The summed E-state index contributed by atoms with van der Waals surface area (Å²) in [7, 11) is 0. The SMILES string of the molecule is CCOc1cc(/C=N\NC(=O)c2c(C)nc3ccccn23)ccc1OCC(C)C. The van der Waals surface area contributed by atoms with Gasteiger partial charge in [0.2, 0.25) is 0 Å². The Hall–Kier alpha value is -3.35. The van der Waals surface area contributed by atoms with Crippen LogP contribution in [0.15, 0.2) is 47.7 Å². The molecule has 2 heterocycles. The number of aryl methyl sites for hydroxylation is 1. The van der Waals surface area contributed by atoms with Crippen LogP contribution in [0.25, 0.3) is 5.65 Å². The Bertz CT molecular complexity index is 1020. The molecule has 0 fully saturated rings. The minimum absolute atomic E-state index is 0.320. The average Bonchev–Trinajstić information content (AvgIpc) is 3.03. The zero-order valence-electron chi connectivity index (χ0n) is 17.2. The lowest BCUT2D eigenvalue weighted by Crippen LogP contribution is -2.20. The van der Waals surface area contributed by atoms with Crippen molar-refractivity contribution in [3.8, 4) is 11.5 Å². The molecule has 0 spiro atoms. The number of amides is 1. The zero-order chi connectivity index (χ0) is 20.8. The molecule has 0 unspecified atom stereocenters. The van der Waals surface area contributed by atoms with Crippen molar-refractivity contribution >= 4 is 17.8 Å². The first-order valence-electron chi connectivity index (χ1n) is 9.66. The lowest BCUT2D eigenvalue weighted by atomic mass is 10.2. The van der Waals surface area contributed by atoms with Crippen molar-refractivity contribution in [1.82, 2.24) is 14.8 Å². The van der Waals surface area contributed by atoms with Crippen LogP contribution >= 0.6 is 0 Å². The van der Waals surface area contributed by atoms with E-state index in [1.807, 2.05) is 43.3 Å².